The van der Waals surface area contributed by atoms with Crippen molar-refractivity contribution < 1.29 is 19.9 Å². The summed E-state index contributed by atoms with van der Waals surface area (Å²) >= 11 is 4.82. The summed E-state index contributed by atoms with van der Waals surface area (Å²) in [7, 11) is -1.70. The van der Waals surface area contributed by atoms with Gasteiger partial charge < -0.3 is 15.2 Å². The van der Waals surface area contributed by atoms with Crippen molar-refractivity contribution in [2.24, 2.45) is 0 Å². The fourth-order valence-electron chi connectivity index (χ4n) is 0.995. The molecule has 4 nitrogen and oxygen atoms in total. The highest BCUT2D eigenvalue weighted by molar-refractivity contribution is 7.81. The van der Waals surface area contributed by atoms with Gasteiger partial charge in [-0.3, -0.25) is 0 Å². The number of carbonyl (C=O) groups is 1. The second-order valence-electron chi connectivity index (χ2n) is 2.57. The minimum absolute atomic E-state index is 0.0386. The van der Waals surface area contributed by atoms with E-state index in [-0.39, 0.29) is 17.5 Å². The van der Waals surface area contributed by atoms with Gasteiger partial charge in [0.2, 0.25) is 0 Å². The quantitative estimate of drug-likeness (QED) is 0.419. The van der Waals surface area contributed by atoms with Crippen LogP contribution in [0.25, 0.3) is 0 Å². The number of hydrogen-bond acceptors (Lipinski definition) is 4. The lowest BCUT2D eigenvalue weighted by molar-refractivity contribution is -0.132. The van der Waals surface area contributed by atoms with Gasteiger partial charge in [-0.25, -0.2) is 4.79 Å². The van der Waals surface area contributed by atoms with Crippen molar-refractivity contribution in [2.45, 2.75) is 6.42 Å². The van der Waals surface area contributed by atoms with E-state index in [1.165, 1.54) is 12.2 Å². The van der Waals surface area contributed by atoms with Gasteiger partial charge in [0.25, 0.3) is 0 Å². The van der Waals surface area contributed by atoms with Gasteiger partial charge in [-0.2, -0.15) is 0 Å². The minimum atomic E-state index is -1.70. The largest absolute Gasteiger partial charge is 0.489 e. The zero-order valence-corrected chi connectivity index (χ0v) is 7.41. The molecule has 68 valence electrons. The summed E-state index contributed by atoms with van der Waals surface area (Å²) in [6, 6.07) is 0. The zero-order chi connectivity index (χ0) is 10.0. The molecule has 13 heavy (non-hydrogen) atoms. The summed E-state index contributed by atoms with van der Waals surface area (Å²) in [5, 5.41) is 26.3. The van der Waals surface area contributed by atoms with E-state index in [1.807, 2.05) is 0 Å². The molecular weight excluding hydrogens is 191 g/mol. The van der Waals surface area contributed by atoms with E-state index in [2.05, 4.69) is 0 Å². The molecule has 1 aliphatic carbocycles. The molecule has 0 aromatic rings. The Morgan fingerprint density at radius 2 is 2.15 bits per heavy atom. The molecule has 0 aromatic carbocycles. The molecule has 1 rings (SSSR count). The van der Waals surface area contributed by atoms with E-state index in [1.54, 1.807) is 0 Å². The molecule has 0 fully saturated rings. The maximum absolute atomic E-state index is 10.5. The number of aliphatic carboxylic acids is 1. The van der Waals surface area contributed by atoms with Crippen LogP contribution in [-0.2, 0) is 4.79 Å². The zero-order valence-electron chi connectivity index (χ0n) is 6.60. The summed E-state index contributed by atoms with van der Waals surface area (Å²) in [5.41, 5.74) is 0.131. The van der Waals surface area contributed by atoms with E-state index in [4.69, 9.17) is 27.4 Å². The first kappa shape index (κ1) is 10.1. The summed E-state index contributed by atoms with van der Waals surface area (Å²) in [5.74, 6) is -1.10. The smallest absolute Gasteiger partial charge is 0.478 e. The molecule has 0 unspecified atom stereocenters. The molecule has 0 saturated carbocycles. The molecule has 0 aliphatic heterocycles. The van der Waals surface area contributed by atoms with E-state index in [0.717, 1.165) is 0 Å². The van der Waals surface area contributed by atoms with E-state index < -0.39 is 13.1 Å². The molecule has 1 aliphatic rings. The van der Waals surface area contributed by atoms with Gasteiger partial charge in [0.1, 0.15) is 0 Å². The van der Waals surface area contributed by atoms with E-state index in [0.29, 0.717) is 4.86 Å². The highest BCUT2D eigenvalue weighted by atomic mass is 32.1. The normalized spacial score (nSPS) is 16.3. The van der Waals surface area contributed by atoms with Crippen molar-refractivity contribution in [1.82, 2.24) is 0 Å². The first-order chi connectivity index (χ1) is 6.02. The predicted octanol–water partition coefficient (Wildman–Crippen LogP) is -0.291. The van der Waals surface area contributed by atoms with Gasteiger partial charge >= 0.3 is 13.1 Å². The molecule has 0 saturated heterocycles. The number of carboxylic acid groups (broad SMARTS) is 1. The van der Waals surface area contributed by atoms with Crippen LogP contribution in [0.3, 0.4) is 0 Å². The van der Waals surface area contributed by atoms with Crippen molar-refractivity contribution in [2.75, 3.05) is 0 Å². The van der Waals surface area contributed by atoms with Gasteiger partial charge in [-0.15, -0.1) is 0 Å². The van der Waals surface area contributed by atoms with Crippen molar-refractivity contribution in [3.63, 3.8) is 0 Å². The molecule has 0 amide bonds. The molecule has 0 atom stereocenters. The minimum Gasteiger partial charge on any atom is -0.478 e. The average Bonchev–Trinajstić information content (AvgIpc) is 2.04. The SMILES string of the molecule is O=C(O)C1=CCC(=S)C(B(O)O)=C1. The summed E-state index contributed by atoms with van der Waals surface area (Å²) < 4.78 is 0. The van der Waals surface area contributed by atoms with Gasteiger partial charge in [-0.05, 0) is 11.5 Å². The van der Waals surface area contributed by atoms with Crippen LogP contribution < -0.4 is 0 Å². The number of hydrogen-bond donors (Lipinski definition) is 3. The van der Waals surface area contributed by atoms with Crippen molar-refractivity contribution >= 4 is 30.2 Å². The molecular formula is C7H7BO4S. The highest BCUT2D eigenvalue weighted by Crippen LogP contribution is 2.16. The van der Waals surface area contributed by atoms with E-state index in [9.17, 15) is 4.79 Å². The maximum Gasteiger partial charge on any atom is 0.489 e. The third-order valence-electron chi connectivity index (χ3n) is 1.67. The van der Waals surface area contributed by atoms with Crippen LogP contribution in [0.1, 0.15) is 6.42 Å². The van der Waals surface area contributed by atoms with E-state index >= 15 is 0 Å². The van der Waals surface area contributed by atoms with Crippen LogP contribution in [-0.4, -0.2) is 33.1 Å². The molecule has 6 heteroatoms. The Balaban J connectivity index is 2.98. The predicted molar refractivity (Wildman–Crippen MR) is 51.2 cm³/mol. The average molecular weight is 198 g/mol. The van der Waals surface area contributed by atoms with Crippen molar-refractivity contribution in [3.05, 3.63) is 23.2 Å². The number of allylic oxidation sites excluding steroid dienone is 2. The summed E-state index contributed by atoms with van der Waals surface area (Å²) in [6.45, 7) is 0. The Kier molecular flexibility index (Phi) is 2.97. The fourth-order valence-corrected chi connectivity index (χ4v) is 1.24. The first-order valence-electron chi connectivity index (χ1n) is 3.56. The van der Waals surface area contributed by atoms with Gasteiger partial charge in [0, 0.05) is 11.3 Å². The van der Waals surface area contributed by atoms with Gasteiger partial charge in [0.05, 0.1) is 5.57 Å². The topological polar surface area (TPSA) is 77.8 Å². The van der Waals surface area contributed by atoms with Crippen LogP contribution in [0, 0.1) is 0 Å². The van der Waals surface area contributed by atoms with Gasteiger partial charge in [-0.1, -0.05) is 18.3 Å². The Bertz CT molecular complexity index is 318. The molecule has 0 bridgehead atoms. The van der Waals surface area contributed by atoms with Crippen molar-refractivity contribution in [3.8, 4) is 0 Å². The summed E-state index contributed by atoms with van der Waals surface area (Å²) in [6.07, 6.45) is 2.88. The lowest BCUT2D eigenvalue weighted by atomic mass is 9.73. The first-order valence-corrected chi connectivity index (χ1v) is 3.97. The highest BCUT2D eigenvalue weighted by Gasteiger charge is 2.23. The molecule has 0 spiro atoms. The van der Waals surface area contributed by atoms with Crippen LogP contribution in [0.4, 0.5) is 0 Å². The number of rotatable bonds is 2. The second-order valence-corrected chi connectivity index (χ2v) is 3.06. The fraction of sp³-hybridized carbons (Fsp3) is 0.143. The third-order valence-corrected chi connectivity index (χ3v) is 2.07. The standard InChI is InChI=1S/C7H7BO4S/c9-7(10)4-1-2-6(13)5(3-4)8(11)12/h1,3,11-12H,2H2,(H,9,10). The summed E-state index contributed by atoms with van der Waals surface area (Å²) in [4.78, 5) is 10.9. The van der Waals surface area contributed by atoms with Crippen LogP contribution >= 0.6 is 12.2 Å². The number of thiocarbonyl (C=S) groups is 1. The Hall–Kier alpha value is -0.975. The third kappa shape index (κ3) is 2.24. The Morgan fingerprint density at radius 3 is 2.62 bits per heavy atom. The lowest BCUT2D eigenvalue weighted by Gasteiger charge is -2.11. The maximum atomic E-state index is 10.5. The second kappa shape index (κ2) is 3.82. The van der Waals surface area contributed by atoms with Crippen LogP contribution in [0.2, 0.25) is 0 Å². The molecule has 0 radical (unpaired) electrons. The molecule has 0 aromatic heterocycles. The van der Waals surface area contributed by atoms with Crippen LogP contribution in [0.5, 0.6) is 0 Å². The Labute approximate surface area is 80.3 Å². The molecule has 3 N–H and O–H groups in total. The Morgan fingerprint density at radius 1 is 1.54 bits per heavy atom. The number of carboxylic acids is 1. The van der Waals surface area contributed by atoms with Crippen LogP contribution in [0.15, 0.2) is 23.2 Å². The lowest BCUT2D eigenvalue weighted by Crippen LogP contribution is -2.24. The molecule has 0 heterocycles. The van der Waals surface area contributed by atoms with Crippen molar-refractivity contribution in [1.29, 1.82) is 0 Å². The monoisotopic (exact) mass is 198 g/mol. The van der Waals surface area contributed by atoms with Gasteiger partial charge in [0.15, 0.2) is 0 Å².